The third-order valence-electron chi connectivity index (χ3n) is 4.99. The largest absolute Gasteiger partial charge is 0.490 e. The molecule has 1 spiro atoms. The maximum atomic E-state index is 10.7. The second-order valence-electron chi connectivity index (χ2n) is 6.28. The molecule has 0 saturated heterocycles. The van der Waals surface area contributed by atoms with Gasteiger partial charge in [0, 0.05) is 5.41 Å². The summed E-state index contributed by atoms with van der Waals surface area (Å²) in [6, 6.07) is 7.53. The maximum absolute atomic E-state index is 10.7. The third-order valence-corrected chi connectivity index (χ3v) is 4.99. The Morgan fingerprint density at radius 3 is 2.40 bits per heavy atom. The van der Waals surface area contributed by atoms with Crippen LogP contribution in [0, 0.1) is 5.41 Å². The van der Waals surface area contributed by atoms with E-state index in [-0.39, 0.29) is 6.42 Å². The highest BCUT2D eigenvalue weighted by Gasteiger charge is 2.48. The maximum Gasteiger partial charge on any atom is 0.307 e. The smallest absolute Gasteiger partial charge is 0.307 e. The minimum absolute atomic E-state index is 0.0770. The molecule has 108 valence electrons. The molecular formula is C17H22O3. The Bertz CT molecular complexity index is 472. The third kappa shape index (κ3) is 2.67. The van der Waals surface area contributed by atoms with Crippen LogP contribution in [-0.4, -0.2) is 17.2 Å². The highest BCUT2D eigenvalue weighted by Crippen LogP contribution is 2.53. The van der Waals surface area contributed by atoms with E-state index in [1.807, 2.05) is 24.3 Å². The molecule has 1 aromatic rings. The molecule has 2 fully saturated rings. The van der Waals surface area contributed by atoms with Gasteiger partial charge in [0.05, 0.1) is 6.42 Å². The summed E-state index contributed by atoms with van der Waals surface area (Å²) in [5.41, 5.74) is 1.27. The summed E-state index contributed by atoms with van der Waals surface area (Å²) in [6.45, 7) is 0. The average Bonchev–Trinajstić information content (AvgIpc) is 2.45. The first-order valence-corrected chi connectivity index (χ1v) is 7.65. The second-order valence-corrected chi connectivity index (χ2v) is 6.28. The lowest BCUT2D eigenvalue weighted by Gasteiger charge is -2.51. The van der Waals surface area contributed by atoms with E-state index in [0.29, 0.717) is 11.5 Å². The van der Waals surface area contributed by atoms with Crippen molar-refractivity contribution >= 4 is 5.97 Å². The van der Waals surface area contributed by atoms with Crippen LogP contribution in [0.15, 0.2) is 24.3 Å². The quantitative estimate of drug-likeness (QED) is 0.908. The van der Waals surface area contributed by atoms with Crippen molar-refractivity contribution in [3.63, 3.8) is 0 Å². The van der Waals surface area contributed by atoms with Crippen LogP contribution >= 0.6 is 0 Å². The predicted octanol–water partition coefficient (Wildman–Crippen LogP) is 3.81. The molecule has 20 heavy (non-hydrogen) atoms. The lowest BCUT2D eigenvalue weighted by atomic mass is 9.58. The van der Waals surface area contributed by atoms with Gasteiger partial charge in [0.2, 0.25) is 0 Å². The van der Waals surface area contributed by atoms with Gasteiger partial charge >= 0.3 is 5.97 Å². The topological polar surface area (TPSA) is 46.5 Å². The molecule has 2 aliphatic carbocycles. The van der Waals surface area contributed by atoms with Gasteiger partial charge in [-0.25, -0.2) is 0 Å². The van der Waals surface area contributed by atoms with Crippen molar-refractivity contribution in [1.29, 1.82) is 0 Å². The van der Waals surface area contributed by atoms with Crippen LogP contribution in [0.25, 0.3) is 0 Å². The number of aliphatic carboxylic acids is 1. The second kappa shape index (κ2) is 5.47. The number of rotatable bonds is 4. The summed E-state index contributed by atoms with van der Waals surface area (Å²) in [5, 5.41) is 8.76. The average molecular weight is 274 g/mol. The molecule has 1 atom stereocenters. The van der Waals surface area contributed by atoms with Crippen molar-refractivity contribution in [2.24, 2.45) is 5.41 Å². The standard InChI is InChI=1S/C17H22O3/c18-16(19)12-13-4-6-14(7-5-13)20-15-8-11-17(15)9-2-1-3-10-17/h4-7,15H,1-3,8-12H2,(H,18,19). The highest BCUT2D eigenvalue weighted by molar-refractivity contribution is 5.70. The molecule has 0 radical (unpaired) electrons. The fraction of sp³-hybridized carbons (Fsp3) is 0.588. The summed E-state index contributed by atoms with van der Waals surface area (Å²) in [4.78, 5) is 10.7. The molecule has 1 N–H and O–H groups in total. The zero-order valence-electron chi connectivity index (χ0n) is 11.8. The Kier molecular flexibility index (Phi) is 3.68. The van der Waals surface area contributed by atoms with E-state index < -0.39 is 5.97 Å². The van der Waals surface area contributed by atoms with Crippen molar-refractivity contribution in [3.05, 3.63) is 29.8 Å². The minimum atomic E-state index is -0.793. The molecule has 1 unspecified atom stereocenters. The molecule has 0 heterocycles. The molecule has 0 aliphatic heterocycles. The van der Waals surface area contributed by atoms with Crippen LogP contribution < -0.4 is 4.74 Å². The van der Waals surface area contributed by atoms with Crippen LogP contribution in [0.3, 0.4) is 0 Å². The van der Waals surface area contributed by atoms with E-state index in [2.05, 4.69) is 0 Å². The summed E-state index contributed by atoms with van der Waals surface area (Å²) in [7, 11) is 0. The number of carboxylic acids is 1. The van der Waals surface area contributed by atoms with Crippen molar-refractivity contribution in [2.45, 2.75) is 57.5 Å². The fourth-order valence-corrected chi connectivity index (χ4v) is 3.71. The van der Waals surface area contributed by atoms with E-state index in [1.165, 1.54) is 38.5 Å². The van der Waals surface area contributed by atoms with Gasteiger partial charge in [-0.3, -0.25) is 4.79 Å². The zero-order valence-corrected chi connectivity index (χ0v) is 11.8. The van der Waals surface area contributed by atoms with Gasteiger partial charge in [0.25, 0.3) is 0 Å². The summed E-state index contributed by atoms with van der Waals surface area (Å²) < 4.78 is 6.16. The predicted molar refractivity (Wildman–Crippen MR) is 76.9 cm³/mol. The number of carbonyl (C=O) groups is 1. The number of carboxylic acid groups (broad SMARTS) is 1. The molecular weight excluding hydrogens is 252 g/mol. The van der Waals surface area contributed by atoms with Crippen molar-refractivity contribution in [1.82, 2.24) is 0 Å². The van der Waals surface area contributed by atoms with Gasteiger partial charge < -0.3 is 9.84 Å². The first kappa shape index (κ1) is 13.5. The molecule has 0 aromatic heterocycles. The van der Waals surface area contributed by atoms with Crippen LogP contribution in [0.4, 0.5) is 0 Å². The van der Waals surface area contributed by atoms with Crippen LogP contribution in [0.2, 0.25) is 0 Å². The molecule has 3 rings (SSSR count). The first-order valence-electron chi connectivity index (χ1n) is 7.65. The molecule has 3 nitrogen and oxygen atoms in total. The summed E-state index contributed by atoms with van der Waals surface area (Å²) in [6.07, 6.45) is 9.61. The van der Waals surface area contributed by atoms with Gasteiger partial charge in [0.1, 0.15) is 11.9 Å². The summed E-state index contributed by atoms with van der Waals surface area (Å²) in [5.74, 6) is 0.0904. The molecule has 0 amide bonds. The molecule has 2 aliphatic rings. The van der Waals surface area contributed by atoms with Crippen LogP contribution in [-0.2, 0) is 11.2 Å². The monoisotopic (exact) mass is 274 g/mol. The van der Waals surface area contributed by atoms with Gasteiger partial charge in [0.15, 0.2) is 0 Å². The SMILES string of the molecule is O=C(O)Cc1ccc(OC2CCC23CCCCC3)cc1. The van der Waals surface area contributed by atoms with E-state index in [1.54, 1.807) is 0 Å². The Balaban J connectivity index is 1.61. The Hall–Kier alpha value is -1.51. The molecule has 1 aromatic carbocycles. The Morgan fingerprint density at radius 2 is 1.85 bits per heavy atom. The first-order chi connectivity index (χ1) is 9.68. The minimum Gasteiger partial charge on any atom is -0.490 e. The van der Waals surface area contributed by atoms with Crippen molar-refractivity contribution in [2.75, 3.05) is 0 Å². The van der Waals surface area contributed by atoms with Crippen LogP contribution in [0.5, 0.6) is 5.75 Å². The fourth-order valence-electron chi connectivity index (χ4n) is 3.71. The zero-order chi connectivity index (χ0) is 14.0. The number of hydrogen-bond acceptors (Lipinski definition) is 2. The molecule has 0 bridgehead atoms. The Morgan fingerprint density at radius 1 is 1.15 bits per heavy atom. The van der Waals surface area contributed by atoms with E-state index in [9.17, 15) is 4.79 Å². The lowest BCUT2D eigenvalue weighted by molar-refractivity contribution is -0.136. The van der Waals surface area contributed by atoms with Crippen LogP contribution in [0.1, 0.15) is 50.5 Å². The molecule has 2 saturated carbocycles. The van der Waals surface area contributed by atoms with Gasteiger partial charge in [-0.15, -0.1) is 0 Å². The Labute approximate surface area is 120 Å². The number of ether oxygens (including phenoxy) is 1. The van der Waals surface area contributed by atoms with Gasteiger partial charge in [-0.05, 0) is 43.4 Å². The summed E-state index contributed by atoms with van der Waals surface area (Å²) >= 11 is 0. The highest BCUT2D eigenvalue weighted by atomic mass is 16.5. The molecule has 3 heteroatoms. The van der Waals surface area contributed by atoms with E-state index in [0.717, 1.165) is 17.7 Å². The number of benzene rings is 1. The normalized spacial score (nSPS) is 24.1. The lowest BCUT2D eigenvalue weighted by Crippen LogP contribution is -2.49. The van der Waals surface area contributed by atoms with E-state index in [4.69, 9.17) is 9.84 Å². The number of hydrogen-bond donors (Lipinski definition) is 1. The van der Waals surface area contributed by atoms with Crippen molar-refractivity contribution < 1.29 is 14.6 Å². The van der Waals surface area contributed by atoms with Gasteiger partial charge in [-0.1, -0.05) is 31.4 Å². The van der Waals surface area contributed by atoms with Crippen molar-refractivity contribution in [3.8, 4) is 5.75 Å². The van der Waals surface area contributed by atoms with Gasteiger partial charge in [-0.2, -0.15) is 0 Å². The van der Waals surface area contributed by atoms with E-state index >= 15 is 0 Å².